The highest BCUT2D eigenvalue weighted by Crippen LogP contribution is 2.37. The van der Waals surface area contributed by atoms with Crippen LogP contribution in [0.4, 0.5) is 28.4 Å². The molecule has 0 aromatic heterocycles. The van der Waals surface area contributed by atoms with E-state index in [4.69, 9.17) is 0 Å². The Labute approximate surface area is 337 Å². The Morgan fingerprint density at radius 1 is 0.368 bits per heavy atom. The molecular weight excluding hydrogens is 689 g/mol. The van der Waals surface area contributed by atoms with Gasteiger partial charge < -0.3 is 9.80 Å². The molecule has 0 heterocycles. The summed E-state index contributed by atoms with van der Waals surface area (Å²) >= 11 is 0. The summed E-state index contributed by atoms with van der Waals surface area (Å²) in [6, 6.07) is 77.1. The molecule has 0 aliphatic carbocycles. The fraction of sp³-hybridized carbons (Fsp3) is 0.0182. The highest BCUT2D eigenvalue weighted by atomic mass is 15.1. The van der Waals surface area contributed by atoms with Gasteiger partial charge in [0.25, 0.3) is 0 Å². The Balaban J connectivity index is 1.03. The van der Waals surface area contributed by atoms with E-state index in [0.717, 1.165) is 56.4 Å². The maximum absolute atomic E-state index is 4.51. The first-order chi connectivity index (χ1) is 28.1. The highest BCUT2D eigenvalue weighted by Gasteiger charge is 2.15. The minimum absolute atomic E-state index is 0.939. The van der Waals surface area contributed by atoms with Crippen molar-refractivity contribution in [3.05, 3.63) is 254 Å². The van der Waals surface area contributed by atoms with E-state index >= 15 is 0 Å². The summed E-state index contributed by atoms with van der Waals surface area (Å²) < 4.78 is 0. The van der Waals surface area contributed by atoms with Crippen LogP contribution in [-0.4, -0.2) is 0 Å². The van der Waals surface area contributed by atoms with Crippen molar-refractivity contribution in [3.8, 4) is 33.4 Å². The normalized spacial score (nSPS) is 11.4. The van der Waals surface area contributed by atoms with Crippen LogP contribution in [0.3, 0.4) is 0 Å². The van der Waals surface area contributed by atoms with Crippen molar-refractivity contribution in [2.45, 2.75) is 6.92 Å². The molecule has 0 atom stereocenters. The van der Waals surface area contributed by atoms with Crippen LogP contribution in [0.25, 0.3) is 39.0 Å². The Morgan fingerprint density at radius 2 is 0.737 bits per heavy atom. The maximum Gasteiger partial charge on any atom is 0.0462 e. The third kappa shape index (κ3) is 8.47. The van der Waals surface area contributed by atoms with Gasteiger partial charge in [-0.1, -0.05) is 170 Å². The molecule has 274 valence electrons. The number of anilines is 5. The molecule has 0 amide bonds. The van der Waals surface area contributed by atoms with Gasteiger partial charge in [-0.05, 0) is 124 Å². The van der Waals surface area contributed by atoms with E-state index in [1.165, 1.54) is 22.3 Å². The van der Waals surface area contributed by atoms with Gasteiger partial charge in [-0.25, -0.2) is 0 Å². The number of nitrogens with zero attached hydrogens (tertiary/aromatic N) is 2. The van der Waals surface area contributed by atoms with Gasteiger partial charge in [0.05, 0.1) is 0 Å². The number of allylic oxidation sites excluding steroid dienone is 4. The molecule has 0 aliphatic heterocycles. The number of benzene rings is 8. The largest absolute Gasteiger partial charge is 0.311 e. The molecule has 0 fully saturated rings. The zero-order valence-electron chi connectivity index (χ0n) is 32.1. The second-order valence-electron chi connectivity index (χ2n) is 13.9. The Bertz CT molecular complexity index is 2590. The summed E-state index contributed by atoms with van der Waals surface area (Å²) in [6.45, 7) is 6.59. The molecule has 0 saturated heterocycles. The molecular formula is C55H44N2. The fourth-order valence-corrected chi connectivity index (χ4v) is 7.20. The van der Waals surface area contributed by atoms with E-state index in [2.05, 4.69) is 260 Å². The minimum Gasteiger partial charge on any atom is -0.311 e. The molecule has 0 unspecified atom stereocenters. The summed E-state index contributed by atoms with van der Waals surface area (Å²) in [4.78, 5) is 4.59. The van der Waals surface area contributed by atoms with Crippen LogP contribution in [0.15, 0.2) is 249 Å². The maximum atomic E-state index is 4.51. The van der Waals surface area contributed by atoms with Crippen molar-refractivity contribution in [2.75, 3.05) is 9.80 Å². The highest BCUT2D eigenvalue weighted by molar-refractivity contribution is 5.82. The first-order valence-electron chi connectivity index (χ1n) is 19.4. The summed E-state index contributed by atoms with van der Waals surface area (Å²) in [6.07, 6.45) is 6.43. The second kappa shape index (κ2) is 17.4. The minimum atomic E-state index is 0.939. The van der Waals surface area contributed by atoms with Crippen molar-refractivity contribution in [1.82, 2.24) is 0 Å². The summed E-state index contributed by atoms with van der Waals surface area (Å²) in [5.74, 6) is 0. The third-order valence-corrected chi connectivity index (χ3v) is 10.2. The van der Waals surface area contributed by atoms with Crippen molar-refractivity contribution >= 4 is 34.0 Å². The molecule has 2 heteroatoms. The lowest BCUT2D eigenvalue weighted by Gasteiger charge is -2.26. The molecule has 8 rings (SSSR count). The smallest absolute Gasteiger partial charge is 0.0462 e. The average molecular weight is 733 g/mol. The molecule has 0 saturated carbocycles. The third-order valence-electron chi connectivity index (χ3n) is 10.2. The molecule has 0 radical (unpaired) electrons. The molecule has 8 aromatic rings. The van der Waals surface area contributed by atoms with Crippen LogP contribution < -0.4 is 9.80 Å². The predicted octanol–water partition coefficient (Wildman–Crippen LogP) is 15.5. The molecule has 0 bridgehead atoms. The quantitative estimate of drug-likeness (QED) is 0.115. The summed E-state index contributed by atoms with van der Waals surface area (Å²) in [7, 11) is 0. The number of para-hydroxylation sites is 2. The van der Waals surface area contributed by atoms with Crippen LogP contribution in [0.5, 0.6) is 0 Å². The Kier molecular flexibility index (Phi) is 11.1. The van der Waals surface area contributed by atoms with E-state index in [1.807, 2.05) is 0 Å². The van der Waals surface area contributed by atoms with E-state index in [0.29, 0.717) is 0 Å². The van der Waals surface area contributed by atoms with Crippen molar-refractivity contribution in [1.29, 1.82) is 0 Å². The molecule has 57 heavy (non-hydrogen) atoms. The standard InChI is InChI=1S/C55H44N2/c1-3-50(56(51-23-12-6-13-24-51)53-35-28-45(29-36-53)43-17-8-4-9-18-43)34-27-42(2)48-21-16-22-49(41-48)47-32-39-55(40-33-47)57(52-25-14-7-15-26-52)54-37-30-46(31-38-54)44-19-10-5-11-20-44/h3-41H,2H2,1H3/b34-27-,50-3+. The zero-order chi connectivity index (χ0) is 38.8. The van der Waals surface area contributed by atoms with Gasteiger partial charge in [0.2, 0.25) is 0 Å². The van der Waals surface area contributed by atoms with Crippen LogP contribution in [0.2, 0.25) is 0 Å². The van der Waals surface area contributed by atoms with Gasteiger partial charge in [-0.2, -0.15) is 0 Å². The SMILES string of the molecule is C=C(/C=C\C(=C/C)N(c1ccccc1)c1ccc(-c2ccccc2)cc1)c1cccc(-c2ccc(N(c3ccccc3)c3ccc(-c4ccccc4)cc3)cc2)c1. The van der Waals surface area contributed by atoms with Crippen LogP contribution in [0, 0.1) is 0 Å². The number of hydrogen-bond donors (Lipinski definition) is 0. The Hall–Kier alpha value is -7.42. The lowest BCUT2D eigenvalue weighted by molar-refractivity contribution is 1.20. The van der Waals surface area contributed by atoms with E-state index in [9.17, 15) is 0 Å². The monoisotopic (exact) mass is 732 g/mol. The van der Waals surface area contributed by atoms with Gasteiger partial charge in [0.15, 0.2) is 0 Å². The van der Waals surface area contributed by atoms with Gasteiger partial charge in [0, 0.05) is 34.1 Å². The van der Waals surface area contributed by atoms with E-state index in [-0.39, 0.29) is 0 Å². The summed E-state index contributed by atoms with van der Waals surface area (Å²) in [5.41, 5.74) is 15.6. The van der Waals surface area contributed by atoms with Crippen LogP contribution in [0.1, 0.15) is 12.5 Å². The van der Waals surface area contributed by atoms with Crippen molar-refractivity contribution in [2.24, 2.45) is 0 Å². The second-order valence-corrected chi connectivity index (χ2v) is 13.9. The van der Waals surface area contributed by atoms with E-state index in [1.54, 1.807) is 0 Å². The molecule has 0 N–H and O–H groups in total. The van der Waals surface area contributed by atoms with E-state index < -0.39 is 0 Å². The first-order valence-corrected chi connectivity index (χ1v) is 19.4. The fourth-order valence-electron chi connectivity index (χ4n) is 7.20. The van der Waals surface area contributed by atoms with Gasteiger partial charge in [-0.15, -0.1) is 0 Å². The number of rotatable bonds is 12. The van der Waals surface area contributed by atoms with Crippen LogP contribution >= 0.6 is 0 Å². The van der Waals surface area contributed by atoms with Crippen molar-refractivity contribution < 1.29 is 0 Å². The van der Waals surface area contributed by atoms with Gasteiger partial charge in [-0.3, -0.25) is 0 Å². The Morgan fingerprint density at radius 3 is 1.23 bits per heavy atom. The van der Waals surface area contributed by atoms with Crippen LogP contribution in [-0.2, 0) is 0 Å². The first kappa shape index (κ1) is 36.6. The van der Waals surface area contributed by atoms with Gasteiger partial charge in [0.1, 0.15) is 0 Å². The average Bonchev–Trinajstić information content (AvgIpc) is 3.29. The van der Waals surface area contributed by atoms with Gasteiger partial charge >= 0.3 is 0 Å². The number of hydrogen-bond acceptors (Lipinski definition) is 2. The lowest BCUT2D eigenvalue weighted by Crippen LogP contribution is -2.15. The topological polar surface area (TPSA) is 6.48 Å². The molecule has 2 nitrogen and oxygen atoms in total. The summed E-state index contributed by atoms with van der Waals surface area (Å²) in [5, 5.41) is 0. The molecule has 8 aromatic carbocycles. The van der Waals surface area contributed by atoms with Crippen molar-refractivity contribution in [3.63, 3.8) is 0 Å². The molecule has 0 spiro atoms. The lowest BCUT2D eigenvalue weighted by atomic mass is 9.99. The zero-order valence-corrected chi connectivity index (χ0v) is 32.1. The predicted molar refractivity (Wildman–Crippen MR) is 244 cm³/mol. The molecule has 0 aliphatic rings.